The molecule has 0 fully saturated rings. The Kier molecular flexibility index (Phi) is 4.92. The van der Waals surface area contributed by atoms with Gasteiger partial charge in [0.15, 0.2) is 0 Å². The summed E-state index contributed by atoms with van der Waals surface area (Å²) in [4.78, 5) is 1.15. The van der Waals surface area contributed by atoms with Crippen molar-refractivity contribution in [3.05, 3.63) is 39.0 Å². The molecular weight excluding hydrogens is 376 g/mol. The predicted octanol–water partition coefficient (Wildman–Crippen LogP) is 3.34. The standard InChI is InChI=1S/C13H15BrN2O3S2/c1-8(13-10(14)5-6-20-13)16-11-7-9(21(15,17)18)3-4-12(11)19-2/h3-8,16H,1-2H3,(H2,15,17,18). The lowest BCUT2D eigenvalue weighted by molar-refractivity contribution is 0.415. The highest BCUT2D eigenvalue weighted by Crippen LogP contribution is 2.34. The molecule has 1 atom stereocenters. The van der Waals surface area contributed by atoms with E-state index in [1.54, 1.807) is 17.4 Å². The zero-order chi connectivity index (χ0) is 15.6. The average molecular weight is 391 g/mol. The van der Waals surface area contributed by atoms with E-state index in [0.29, 0.717) is 11.4 Å². The number of ether oxygens (including phenoxy) is 1. The van der Waals surface area contributed by atoms with Crippen molar-refractivity contribution in [1.82, 2.24) is 0 Å². The number of anilines is 1. The Labute approximate surface area is 136 Å². The van der Waals surface area contributed by atoms with Crippen LogP contribution < -0.4 is 15.2 Å². The summed E-state index contributed by atoms with van der Waals surface area (Å²) in [7, 11) is -2.22. The van der Waals surface area contributed by atoms with E-state index in [2.05, 4.69) is 21.2 Å². The summed E-state index contributed by atoms with van der Waals surface area (Å²) in [5.74, 6) is 0.557. The zero-order valence-corrected chi connectivity index (χ0v) is 14.7. The van der Waals surface area contributed by atoms with Crippen LogP contribution in [0.15, 0.2) is 39.0 Å². The van der Waals surface area contributed by atoms with Gasteiger partial charge in [0.1, 0.15) is 5.75 Å². The van der Waals surface area contributed by atoms with Gasteiger partial charge in [-0.25, -0.2) is 13.6 Å². The van der Waals surface area contributed by atoms with Gasteiger partial charge in [0.2, 0.25) is 10.0 Å². The van der Waals surface area contributed by atoms with Crippen LogP contribution in [0.2, 0.25) is 0 Å². The lowest BCUT2D eigenvalue weighted by Crippen LogP contribution is -2.13. The number of halogens is 1. The monoisotopic (exact) mass is 390 g/mol. The van der Waals surface area contributed by atoms with Gasteiger partial charge in [-0.2, -0.15) is 0 Å². The van der Waals surface area contributed by atoms with Gasteiger partial charge < -0.3 is 10.1 Å². The van der Waals surface area contributed by atoms with Gasteiger partial charge in [0.25, 0.3) is 0 Å². The second kappa shape index (κ2) is 6.35. The predicted molar refractivity (Wildman–Crippen MR) is 88.4 cm³/mol. The van der Waals surface area contributed by atoms with Crippen LogP contribution in [-0.4, -0.2) is 15.5 Å². The number of thiophene rings is 1. The van der Waals surface area contributed by atoms with Crippen LogP contribution in [0.3, 0.4) is 0 Å². The van der Waals surface area contributed by atoms with Gasteiger partial charge in [-0.1, -0.05) is 0 Å². The number of primary sulfonamides is 1. The van der Waals surface area contributed by atoms with Crippen LogP contribution in [-0.2, 0) is 10.0 Å². The molecule has 1 heterocycles. The van der Waals surface area contributed by atoms with Crippen molar-refractivity contribution < 1.29 is 13.2 Å². The fraction of sp³-hybridized carbons (Fsp3) is 0.231. The first-order chi connectivity index (χ1) is 9.82. The number of hydrogen-bond donors (Lipinski definition) is 2. The van der Waals surface area contributed by atoms with Gasteiger partial charge >= 0.3 is 0 Å². The quantitative estimate of drug-likeness (QED) is 0.819. The van der Waals surface area contributed by atoms with Crippen molar-refractivity contribution in [2.75, 3.05) is 12.4 Å². The molecule has 21 heavy (non-hydrogen) atoms. The molecule has 0 aliphatic rings. The van der Waals surface area contributed by atoms with Crippen molar-refractivity contribution in [3.8, 4) is 5.75 Å². The first-order valence-electron chi connectivity index (χ1n) is 6.03. The van der Waals surface area contributed by atoms with Crippen molar-refractivity contribution >= 4 is 43.0 Å². The van der Waals surface area contributed by atoms with Crippen molar-refractivity contribution in [3.63, 3.8) is 0 Å². The third kappa shape index (κ3) is 3.76. The third-order valence-corrected chi connectivity index (χ3v) is 5.87. The number of sulfonamides is 1. The molecule has 0 saturated heterocycles. The van der Waals surface area contributed by atoms with E-state index in [0.717, 1.165) is 9.35 Å². The average Bonchev–Trinajstić information content (AvgIpc) is 2.84. The molecule has 1 aromatic carbocycles. The molecule has 5 nitrogen and oxygen atoms in total. The minimum atomic E-state index is -3.75. The highest BCUT2D eigenvalue weighted by molar-refractivity contribution is 9.10. The van der Waals surface area contributed by atoms with Gasteiger partial charge in [-0.3, -0.25) is 0 Å². The molecule has 1 unspecified atom stereocenters. The van der Waals surface area contributed by atoms with Crippen molar-refractivity contribution in [1.29, 1.82) is 0 Å². The SMILES string of the molecule is COc1ccc(S(N)(=O)=O)cc1NC(C)c1sccc1Br. The van der Waals surface area contributed by atoms with Crippen LogP contribution in [0.25, 0.3) is 0 Å². The van der Waals surface area contributed by atoms with Gasteiger partial charge in [-0.05, 0) is 52.5 Å². The van der Waals surface area contributed by atoms with Crippen LogP contribution in [0.4, 0.5) is 5.69 Å². The summed E-state index contributed by atoms with van der Waals surface area (Å²) < 4.78 is 29.2. The van der Waals surface area contributed by atoms with E-state index in [1.165, 1.54) is 19.2 Å². The Morgan fingerprint density at radius 2 is 2.10 bits per heavy atom. The fourth-order valence-electron chi connectivity index (χ4n) is 1.89. The summed E-state index contributed by atoms with van der Waals surface area (Å²) in [6.07, 6.45) is 0. The van der Waals surface area contributed by atoms with Crippen LogP contribution in [0, 0.1) is 0 Å². The molecule has 0 amide bonds. The summed E-state index contributed by atoms with van der Waals surface area (Å²) in [6.45, 7) is 1.99. The number of nitrogens with two attached hydrogens (primary N) is 1. The van der Waals surface area contributed by atoms with E-state index in [4.69, 9.17) is 9.88 Å². The summed E-state index contributed by atoms with van der Waals surface area (Å²) >= 11 is 5.09. The molecule has 0 aliphatic carbocycles. The van der Waals surface area contributed by atoms with E-state index in [-0.39, 0.29) is 10.9 Å². The maximum atomic E-state index is 11.5. The number of hydrogen-bond acceptors (Lipinski definition) is 5. The molecule has 114 valence electrons. The Morgan fingerprint density at radius 1 is 1.38 bits per heavy atom. The number of benzene rings is 1. The highest BCUT2D eigenvalue weighted by atomic mass is 79.9. The molecule has 2 aromatic rings. The Hall–Kier alpha value is -1.09. The van der Waals surface area contributed by atoms with E-state index in [9.17, 15) is 8.42 Å². The molecule has 0 spiro atoms. The van der Waals surface area contributed by atoms with E-state index in [1.807, 2.05) is 18.4 Å². The lowest BCUT2D eigenvalue weighted by atomic mass is 10.2. The van der Waals surface area contributed by atoms with Crippen LogP contribution >= 0.6 is 27.3 Å². The van der Waals surface area contributed by atoms with Crippen molar-refractivity contribution in [2.45, 2.75) is 17.9 Å². The molecule has 1 aromatic heterocycles. The molecule has 0 radical (unpaired) electrons. The first-order valence-corrected chi connectivity index (χ1v) is 9.25. The topological polar surface area (TPSA) is 81.4 Å². The fourth-order valence-corrected chi connectivity index (χ4v) is 4.16. The molecule has 2 rings (SSSR count). The van der Waals surface area contributed by atoms with Gasteiger partial charge in [0.05, 0.1) is 23.7 Å². The molecule has 8 heteroatoms. The number of rotatable bonds is 5. The van der Waals surface area contributed by atoms with Crippen LogP contribution in [0.1, 0.15) is 17.8 Å². The molecule has 0 bridgehead atoms. The van der Waals surface area contributed by atoms with E-state index >= 15 is 0 Å². The van der Waals surface area contributed by atoms with Crippen molar-refractivity contribution in [2.24, 2.45) is 5.14 Å². The summed E-state index contributed by atoms with van der Waals surface area (Å²) in [5, 5.41) is 10.4. The molecule has 0 saturated carbocycles. The maximum absolute atomic E-state index is 11.5. The van der Waals surface area contributed by atoms with Gasteiger partial charge in [-0.15, -0.1) is 11.3 Å². The largest absolute Gasteiger partial charge is 0.495 e. The van der Waals surface area contributed by atoms with Crippen LogP contribution in [0.5, 0.6) is 5.75 Å². The number of methoxy groups -OCH3 is 1. The maximum Gasteiger partial charge on any atom is 0.238 e. The van der Waals surface area contributed by atoms with Gasteiger partial charge in [0, 0.05) is 9.35 Å². The lowest BCUT2D eigenvalue weighted by Gasteiger charge is -2.17. The summed E-state index contributed by atoms with van der Waals surface area (Å²) in [6, 6.07) is 6.44. The molecule has 0 aliphatic heterocycles. The minimum absolute atomic E-state index is 0.0102. The Balaban J connectivity index is 2.36. The Bertz CT molecular complexity index is 744. The van der Waals surface area contributed by atoms with E-state index < -0.39 is 10.0 Å². The molecular formula is C13H15BrN2O3S2. The normalized spacial score (nSPS) is 13.0. The molecule has 3 N–H and O–H groups in total. The zero-order valence-electron chi connectivity index (χ0n) is 11.5. The smallest absolute Gasteiger partial charge is 0.238 e. The highest BCUT2D eigenvalue weighted by Gasteiger charge is 2.16. The number of nitrogens with one attached hydrogen (secondary N) is 1. The second-order valence-electron chi connectivity index (χ2n) is 4.41. The first kappa shape index (κ1) is 16.3. The minimum Gasteiger partial charge on any atom is -0.495 e. The second-order valence-corrected chi connectivity index (χ2v) is 7.77. The Morgan fingerprint density at radius 3 is 2.62 bits per heavy atom. The third-order valence-electron chi connectivity index (χ3n) is 2.91. The summed E-state index contributed by atoms with van der Waals surface area (Å²) in [5.41, 5.74) is 0.580.